The second-order valence-electron chi connectivity index (χ2n) is 5.97. The Bertz CT molecular complexity index is 832. The molecule has 0 radical (unpaired) electrons. The van der Waals surface area contributed by atoms with Gasteiger partial charge in [-0.1, -0.05) is 63.7 Å². The van der Waals surface area contributed by atoms with Crippen LogP contribution in [-0.2, 0) is 5.54 Å². The summed E-state index contributed by atoms with van der Waals surface area (Å²) >= 11 is 4.37. The highest BCUT2D eigenvalue weighted by atomic mass is 127. The molecule has 0 saturated heterocycles. The van der Waals surface area contributed by atoms with Gasteiger partial charge in [-0.3, -0.25) is 0 Å². The molecule has 2 aromatic carbocycles. The first kappa shape index (κ1) is 15.2. The molecule has 1 unspecified atom stereocenters. The summed E-state index contributed by atoms with van der Waals surface area (Å²) in [6, 6.07) is 21.0. The van der Waals surface area contributed by atoms with Gasteiger partial charge in [0.25, 0.3) is 0 Å². The zero-order chi connectivity index (χ0) is 15.9. The second-order valence-corrected chi connectivity index (χ2v) is 7.68. The van der Waals surface area contributed by atoms with Crippen LogP contribution >= 0.6 is 34.4 Å². The van der Waals surface area contributed by atoms with E-state index in [0.717, 1.165) is 27.3 Å². The Morgan fingerprint density at radius 1 is 1.13 bits per heavy atom. The van der Waals surface area contributed by atoms with Crippen LogP contribution in [0.15, 0.2) is 65.8 Å². The van der Waals surface area contributed by atoms with E-state index in [-0.39, 0.29) is 5.54 Å². The minimum atomic E-state index is 0.0735. The molecule has 0 saturated carbocycles. The van der Waals surface area contributed by atoms with E-state index < -0.39 is 0 Å². The normalized spacial score (nSPS) is 19.7. The number of rotatable bonds is 3. The van der Waals surface area contributed by atoms with Crippen LogP contribution in [0.25, 0.3) is 17.1 Å². The van der Waals surface area contributed by atoms with Crippen molar-refractivity contribution in [3.05, 3.63) is 60.7 Å². The predicted octanol–water partition coefficient (Wildman–Crippen LogP) is 4.08. The van der Waals surface area contributed by atoms with Gasteiger partial charge in [-0.15, -0.1) is 0 Å². The van der Waals surface area contributed by atoms with E-state index in [1.807, 2.05) is 17.8 Å². The van der Waals surface area contributed by atoms with Gasteiger partial charge in [-0.25, -0.2) is 0 Å². The first-order chi connectivity index (χ1) is 11.2. The van der Waals surface area contributed by atoms with Gasteiger partial charge in [0.15, 0.2) is 0 Å². The lowest BCUT2D eigenvalue weighted by molar-refractivity contribution is -0.626. The lowest BCUT2D eigenvalue weighted by Gasteiger charge is -2.14. The Balaban J connectivity index is 1.98. The lowest BCUT2D eigenvalue weighted by atomic mass is 10.1. The second kappa shape index (κ2) is 5.94. The van der Waals surface area contributed by atoms with Crippen LogP contribution in [-0.4, -0.2) is 20.0 Å². The van der Waals surface area contributed by atoms with Gasteiger partial charge in [-0.2, -0.15) is 4.57 Å². The SMILES string of the molecule is CC1(CI)CSc2n1nc(-c1ccccc1)[n+]2-c1ccccc1. The third kappa shape index (κ3) is 2.50. The van der Waals surface area contributed by atoms with Gasteiger partial charge < -0.3 is 0 Å². The summed E-state index contributed by atoms with van der Waals surface area (Å²) in [5.74, 6) is 2.08. The Morgan fingerprint density at radius 2 is 1.78 bits per heavy atom. The number of benzene rings is 2. The molecule has 23 heavy (non-hydrogen) atoms. The van der Waals surface area contributed by atoms with E-state index in [4.69, 9.17) is 5.10 Å². The molecule has 0 spiro atoms. The number of alkyl halides is 1. The number of hydrogen-bond donors (Lipinski definition) is 0. The van der Waals surface area contributed by atoms with Crippen molar-refractivity contribution in [3.63, 3.8) is 0 Å². The van der Waals surface area contributed by atoms with Crippen molar-refractivity contribution < 1.29 is 4.57 Å². The minimum Gasteiger partial charge on any atom is -0.184 e. The fourth-order valence-corrected chi connectivity index (χ4v) is 5.13. The predicted molar refractivity (Wildman–Crippen MR) is 102 cm³/mol. The quantitative estimate of drug-likeness (QED) is 0.352. The Labute approximate surface area is 153 Å². The molecule has 0 fully saturated rings. The molecular formula is C18H17IN3S+. The molecule has 0 amide bonds. The van der Waals surface area contributed by atoms with Crippen molar-refractivity contribution in [3.8, 4) is 17.1 Å². The molecule has 3 nitrogen and oxygen atoms in total. The summed E-state index contributed by atoms with van der Waals surface area (Å²) in [6.45, 7) is 2.29. The Morgan fingerprint density at radius 3 is 2.43 bits per heavy atom. The third-order valence-electron chi connectivity index (χ3n) is 4.14. The van der Waals surface area contributed by atoms with Crippen molar-refractivity contribution in [1.82, 2.24) is 9.78 Å². The molecule has 2 heterocycles. The highest BCUT2D eigenvalue weighted by molar-refractivity contribution is 14.1. The molecule has 1 aliphatic rings. The van der Waals surface area contributed by atoms with Crippen molar-refractivity contribution >= 4 is 34.4 Å². The molecule has 0 bridgehead atoms. The fourth-order valence-electron chi connectivity index (χ4n) is 2.81. The highest BCUT2D eigenvalue weighted by Crippen LogP contribution is 2.38. The number of fused-ring (bicyclic) bond motifs is 1. The van der Waals surface area contributed by atoms with Crippen molar-refractivity contribution in [2.75, 3.05) is 10.2 Å². The van der Waals surface area contributed by atoms with Gasteiger partial charge in [0.05, 0.1) is 5.56 Å². The molecule has 1 atom stereocenters. The van der Waals surface area contributed by atoms with Crippen molar-refractivity contribution in [2.24, 2.45) is 0 Å². The van der Waals surface area contributed by atoms with Crippen molar-refractivity contribution in [2.45, 2.75) is 17.6 Å². The Hall–Kier alpha value is -1.34. The maximum absolute atomic E-state index is 5.02. The molecule has 0 N–H and O–H groups in total. The number of hydrogen-bond acceptors (Lipinski definition) is 2. The van der Waals surface area contributed by atoms with Crippen LogP contribution in [0.4, 0.5) is 0 Å². The molecular weight excluding hydrogens is 417 g/mol. The van der Waals surface area contributed by atoms with E-state index >= 15 is 0 Å². The lowest BCUT2D eigenvalue weighted by Crippen LogP contribution is -2.34. The van der Waals surface area contributed by atoms with E-state index in [0.29, 0.717) is 0 Å². The van der Waals surface area contributed by atoms with E-state index in [9.17, 15) is 0 Å². The van der Waals surface area contributed by atoms with Gasteiger partial charge in [0.2, 0.25) is 0 Å². The van der Waals surface area contributed by atoms with Crippen LogP contribution < -0.4 is 4.57 Å². The van der Waals surface area contributed by atoms with Crippen LogP contribution in [0.2, 0.25) is 0 Å². The summed E-state index contributed by atoms with van der Waals surface area (Å²) in [5, 5.41) is 6.23. The summed E-state index contributed by atoms with van der Waals surface area (Å²) in [6.07, 6.45) is 0. The molecule has 1 aliphatic heterocycles. The van der Waals surface area contributed by atoms with E-state index in [1.165, 1.54) is 5.16 Å². The summed E-state index contributed by atoms with van der Waals surface area (Å²) in [5.41, 5.74) is 2.39. The number of nitrogens with zero attached hydrogens (tertiary/aromatic N) is 3. The number of aromatic nitrogens is 3. The fraction of sp³-hybridized carbons (Fsp3) is 0.222. The van der Waals surface area contributed by atoms with Crippen LogP contribution in [0.5, 0.6) is 0 Å². The molecule has 0 aliphatic carbocycles. The van der Waals surface area contributed by atoms with Crippen LogP contribution in [0, 0.1) is 0 Å². The largest absolute Gasteiger partial charge is 0.314 e. The van der Waals surface area contributed by atoms with Gasteiger partial charge in [0.1, 0.15) is 11.2 Å². The van der Waals surface area contributed by atoms with Crippen molar-refractivity contribution in [1.29, 1.82) is 0 Å². The number of halogens is 1. The summed E-state index contributed by atoms with van der Waals surface area (Å²) < 4.78 is 5.56. The first-order valence-electron chi connectivity index (χ1n) is 7.58. The molecule has 5 heteroatoms. The maximum Gasteiger partial charge on any atom is 0.314 e. The topological polar surface area (TPSA) is 21.7 Å². The zero-order valence-corrected chi connectivity index (χ0v) is 15.8. The standard InChI is InChI=1S/C18H17IN3S/c1-18(12-19)13-23-17-21(15-10-6-3-7-11-15)16(20-22(17)18)14-8-4-2-5-9-14/h2-11H,12-13H2,1H3/q+1. The Kier molecular flexibility index (Phi) is 3.93. The third-order valence-corrected chi connectivity index (χ3v) is 7.16. The van der Waals surface area contributed by atoms with E-state index in [2.05, 4.69) is 93.4 Å². The number of thioether (sulfide) groups is 1. The number of para-hydroxylation sites is 1. The first-order valence-corrected chi connectivity index (χ1v) is 10.1. The van der Waals surface area contributed by atoms with Gasteiger partial charge in [-0.05, 0) is 43.0 Å². The minimum absolute atomic E-state index is 0.0735. The molecule has 3 aromatic rings. The maximum atomic E-state index is 5.02. The van der Waals surface area contributed by atoms with Crippen LogP contribution in [0.1, 0.15) is 6.92 Å². The summed E-state index contributed by atoms with van der Waals surface area (Å²) in [4.78, 5) is 0. The van der Waals surface area contributed by atoms with Crippen LogP contribution in [0.3, 0.4) is 0 Å². The van der Waals surface area contributed by atoms with E-state index in [1.54, 1.807) is 0 Å². The van der Waals surface area contributed by atoms with Gasteiger partial charge in [0, 0.05) is 15.3 Å². The zero-order valence-electron chi connectivity index (χ0n) is 12.8. The average Bonchev–Trinajstić information content (AvgIpc) is 3.15. The smallest absolute Gasteiger partial charge is 0.184 e. The molecule has 1 aromatic heterocycles. The van der Waals surface area contributed by atoms with Gasteiger partial charge >= 0.3 is 11.0 Å². The summed E-state index contributed by atoms with van der Waals surface area (Å²) in [7, 11) is 0. The molecule has 4 rings (SSSR count). The monoisotopic (exact) mass is 434 g/mol. The highest BCUT2D eigenvalue weighted by Gasteiger charge is 2.46. The average molecular weight is 434 g/mol. The molecule has 116 valence electrons.